The van der Waals surface area contributed by atoms with Crippen molar-refractivity contribution in [3.8, 4) is 10.7 Å². The van der Waals surface area contributed by atoms with E-state index in [0.717, 1.165) is 16.4 Å². The standard InChI is InChI=1S/C16H19N3O2S2/c1-10-14(22-15(18-10)13-6-4-5-7-17-13)16(20)19-8-9-23(21)12(3)11(19)2/h4-7,11-12H,8-9H2,1-3H3. The number of aromatic nitrogens is 2. The summed E-state index contributed by atoms with van der Waals surface area (Å²) in [6, 6.07) is 5.62. The van der Waals surface area contributed by atoms with Gasteiger partial charge < -0.3 is 4.90 Å². The first kappa shape index (κ1) is 16.3. The number of pyridine rings is 1. The van der Waals surface area contributed by atoms with Gasteiger partial charge >= 0.3 is 0 Å². The Balaban J connectivity index is 1.89. The Bertz CT molecular complexity index is 745. The van der Waals surface area contributed by atoms with Gasteiger partial charge in [0.1, 0.15) is 9.88 Å². The average Bonchev–Trinajstić information content (AvgIpc) is 2.95. The van der Waals surface area contributed by atoms with Crippen molar-refractivity contribution in [2.75, 3.05) is 12.3 Å². The zero-order chi connectivity index (χ0) is 16.6. The molecule has 0 spiro atoms. The van der Waals surface area contributed by atoms with Gasteiger partial charge in [-0.25, -0.2) is 4.98 Å². The summed E-state index contributed by atoms with van der Waals surface area (Å²) in [5.41, 5.74) is 1.51. The molecule has 0 bridgehead atoms. The highest BCUT2D eigenvalue weighted by molar-refractivity contribution is 7.85. The minimum atomic E-state index is -0.855. The zero-order valence-corrected chi connectivity index (χ0v) is 15.0. The molecule has 5 nitrogen and oxygen atoms in total. The number of nitrogens with zero attached hydrogens (tertiary/aromatic N) is 3. The molecule has 1 aliphatic rings. The predicted molar refractivity (Wildman–Crippen MR) is 93.1 cm³/mol. The zero-order valence-electron chi connectivity index (χ0n) is 13.4. The largest absolute Gasteiger partial charge is 0.333 e. The summed E-state index contributed by atoms with van der Waals surface area (Å²) in [7, 11) is -0.855. The summed E-state index contributed by atoms with van der Waals surface area (Å²) in [6.45, 7) is 6.30. The van der Waals surface area contributed by atoms with E-state index in [4.69, 9.17) is 0 Å². The van der Waals surface area contributed by atoms with Gasteiger partial charge in [0.05, 0.1) is 16.6 Å². The number of rotatable bonds is 2. The molecular formula is C16H19N3O2S2. The van der Waals surface area contributed by atoms with Crippen molar-refractivity contribution >= 4 is 28.0 Å². The normalized spacial score (nSPS) is 24.7. The minimum absolute atomic E-state index is 0.00353. The number of thiazole rings is 1. The minimum Gasteiger partial charge on any atom is -0.333 e. The third-order valence-electron chi connectivity index (χ3n) is 4.25. The summed E-state index contributed by atoms with van der Waals surface area (Å²) < 4.78 is 11.9. The Kier molecular flexibility index (Phi) is 4.59. The number of carbonyl (C=O) groups excluding carboxylic acids is 1. The highest BCUT2D eigenvalue weighted by atomic mass is 32.2. The first-order chi connectivity index (χ1) is 11.0. The first-order valence-electron chi connectivity index (χ1n) is 7.56. The SMILES string of the molecule is Cc1nc(-c2ccccn2)sc1C(=O)N1CCS(=O)C(C)C1C. The molecule has 1 saturated heterocycles. The van der Waals surface area contributed by atoms with E-state index in [-0.39, 0.29) is 17.2 Å². The third kappa shape index (κ3) is 3.07. The molecule has 0 N–H and O–H groups in total. The maximum atomic E-state index is 12.9. The molecule has 2 aromatic rings. The molecule has 23 heavy (non-hydrogen) atoms. The van der Waals surface area contributed by atoms with E-state index in [9.17, 15) is 9.00 Å². The fourth-order valence-electron chi connectivity index (χ4n) is 2.66. The van der Waals surface area contributed by atoms with Crippen molar-refractivity contribution in [1.29, 1.82) is 0 Å². The van der Waals surface area contributed by atoms with Gasteiger partial charge in [0.2, 0.25) is 0 Å². The van der Waals surface area contributed by atoms with E-state index in [0.29, 0.717) is 17.2 Å². The van der Waals surface area contributed by atoms with Gasteiger partial charge in [0, 0.05) is 35.3 Å². The number of carbonyl (C=O) groups is 1. The molecule has 3 heterocycles. The van der Waals surface area contributed by atoms with Gasteiger partial charge in [-0.05, 0) is 32.9 Å². The number of hydrogen-bond acceptors (Lipinski definition) is 5. The molecule has 0 saturated carbocycles. The van der Waals surface area contributed by atoms with Crippen LogP contribution in [0.2, 0.25) is 0 Å². The monoisotopic (exact) mass is 349 g/mol. The molecule has 1 fully saturated rings. The lowest BCUT2D eigenvalue weighted by atomic mass is 10.2. The van der Waals surface area contributed by atoms with Crippen molar-refractivity contribution in [2.24, 2.45) is 0 Å². The lowest BCUT2D eigenvalue weighted by Crippen LogP contribution is -2.52. The van der Waals surface area contributed by atoms with Crippen molar-refractivity contribution in [2.45, 2.75) is 32.1 Å². The second-order valence-electron chi connectivity index (χ2n) is 5.68. The summed E-state index contributed by atoms with van der Waals surface area (Å²) in [5, 5.41) is 0.754. The van der Waals surface area contributed by atoms with E-state index < -0.39 is 10.8 Å². The van der Waals surface area contributed by atoms with Crippen LogP contribution in [0.4, 0.5) is 0 Å². The molecule has 3 rings (SSSR count). The topological polar surface area (TPSA) is 63.2 Å². The van der Waals surface area contributed by atoms with E-state index >= 15 is 0 Å². The number of aryl methyl sites for hydroxylation is 1. The molecule has 0 radical (unpaired) electrons. The van der Waals surface area contributed by atoms with E-state index in [1.165, 1.54) is 11.3 Å². The van der Waals surface area contributed by atoms with Gasteiger partial charge in [-0.3, -0.25) is 14.0 Å². The summed E-state index contributed by atoms with van der Waals surface area (Å²) >= 11 is 1.38. The smallest absolute Gasteiger partial charge is 0.266 e. The highest BCUT2D eigenvalue weighted by Crippen LogP contribution is 2.29. The Morgan fingerprint density at radius 1 is 1.39 bits per heavy atom. The van der Waals surface area contributed by atoms with Crippen LogP contribution in [0, 0.1) is 6.92 Å². The molecule has 3 atom stereocenters. The van der Waals surface area contributed by atoms with Crippen LogP contribution in [-0.2, 0) is 10.8 Å². The van der Waals surface area contributed by atoms with Gasteiger partial charge in [0.25, 0.3) is 5.91 Å². The summed E-state index contributed by atoms with van der Waals surface area (Å²) in [4.78, 5) is 24.2. The molecule has 1 aliphatic heterocycles. The maximum Gasteiger partial charge on any atom is 0.266 e. The number of amides is 1. The number of hydrogen-bond donors (Lipinski definition) is 0. The van der Waals surface area contributed by atoms with Crippen molar-refractivity contribution in [1.82, 2.24) is 14.9 Å². The molecule has 122 valence electrons. The third-order valence-corrected chi connectivity index (χ3v) is 7.23. The van der Waals surface area contributed by atoms with Gasteiger partial charge in [-0.15, -0.1) is 11.3 Å². The van der Waals surface area contributed by atoms with Crippen LogP contribution in [0.5, 0.6) is 0 Å². The van der Waals surface area contributed by atoms with Gasteiger partial charge in [-0.2, -0.15) is 0 Å². The molecule has 7 heteroatoms. The molecular weight excluding hydrogens is 330 g/mol. The Morgan fingerprint density at radius 3 is 2.87 bits per heavy atom. The van der Waals surface area contributed by atoms with Crippen molar-refractivity contribution in [3.05, 3.63) is 35.0 Å². The van der Waals surface area contributed by atoms with Crippen molar-refractivity contribution in [3.63, 3.8) is 0 Å². The van der Waals surface area contributed by atoms with Crippen LogP contribution >= 0.6 is 11.3 Å². The molecule has 3 unspecified atom stereocenters. The van der Waals surface area contributed by atoms with Crippen LogP contribution < -0.4 is 0 Å². The summed E-state index contributed by atoms with van der Waals surface area (Å²) in [5.74, 6) is 0.528. The van der Waals surface area contributed by atoms with Gasteiger partial charge in [0.15, 0.2) is 0 Å². The maximum absolute atomic E-state index is 12.9. The van der Waals surface area contributed by atoms with Crippen LogP contribution in [0.1, 0.15) is 29.2 Å². The molecule has 0 aromatic carbocycles. The summed E-state index contributed by atoms with van der Waals surface area (Å²) in [6.07, 6.45) is 1.72. The fourth-order valence-corrected chi connectivity index (χ4v) is 5.00. The second kappa shape index (κ2) is 6.49. The first-order valence-corrected chi connectivity index (χ1v) is 9.76. The second-order valence-corrected chi connectivity index (χ2v) is 8.59. The Morgan fingerprint density at radius 2 is 2.17 bits per heavy atom. The quantitative estimate of drug-likeness (QED) is 0.836. The molecule has 0 aliphatic carbocycles. The van der Waals surface area contributed by atoms with Crippen LogP contribution in [0.25, 0.3) is 10.7 Å². The lowest BCUT2D eigenvalue weighted by molar-refractivity contribution is 0.0699. The van der Waals surface area contributed by atoms with Crippen molar-refractivity contribution < 1.29 is 9.00 Å². The van der Waals surface area contributed by atoms with Gasteiger partial charge in [-0.1, -0.05) is 6.07 Å². The molecule has 1 amide bonds. The lowest BCUT2D eigenvalue weighted by Gasteiger charge is -2.37. The Labute approximate surface area is 142 Å². The van der Waals surface area contributed by atoms with Crippen LogP contribution in [0.15, 0.2) is 24.4 Å². The highest BCUT2D eigenvalue weighted by Gasteiger charge is 2.34. The Hall–Kier alpha value is -1.60. The fraction of sp³-hybridized carbons (Fsp3) is 0.438. The van der Waals surface area contributed by atoms with E-state index in [1.54, 1.807) is 6.20 Å². The van der Waals surface area contributed by atoms with Crippen LogP contribution in [0.3, 0.4) is 0 Å². The van der Waals surface area contributed by atoms with Crippen LogP contribution in [-0.4, -0.2) is 48.6 Å². The average molecular weight is 349 g/mol. The molecule has 2 aromatic heterocycles. The van der Waals surface area contributed by atoms with E-state index in [1.807, 2.05) is 43.9 Å². The van der Waals surface area contributed by atoms with E-state index in [2.05, 4.69) is 9.97 Å². The predicted octanol–water partition coefficient (Wildman–Crippen LogP) is 2.50.